The van der Waals surface area contributed by atoms with E-state index in [4.69, 9.17) is 0 Å². The van der Waals surface area contributed by atoms with Crippen LogP contribution in [0.3, 0.4) is 0 Å². The van der Waals surface area contributed by atoms with Crippen LogP contribution in [0.15, 0.2) is 48.5 Å². The molecular formula is C44H57F15O. The molecule has 0 saturated heterocycles. The molecule has 4 aliphatic carbocycles. The van der Waals surface area contributed by atoms with E-state index in [0.29, 0.717) is 42.4 Å². The number of benzene rings is 2. The molecule has 3 atom stereocenters. The van der Waals surface area contributed by atoms with E-state index in [2.05, 4.69) is 6.92 Å². The van der Waals surface area contributed by atoms with Crippen molar-refractivity contribution < 1.29 is 71.0 Å². The average Bonchev–Trinajstić information content (AvgIpc) is 3.13. The van der Waals surface area contributed by atoms with Crippen molar-refractivity contribution in [2.24, 2.45) is 34.5 Å². The maximum absolute atomic E-state index is 13.5. The highest BCUT2D eigenvalue weighted by molar-refractivity contribution is 5.34. The van der Waals surface area contributed by atoms with E-state index in [-0.39, 0.29) is 30.6 Å². The van der Waals surface area contributed by atoms with Gasteiger partial charge in [0.1, 0.15) is 0 Å². The molecule has 344 valence electrons. The normalized spacial score (nSPS) is 25.7. The summed E-state index contributed by atoms with van der Waals surface area (Å²) in [4.78, 5) is 0. The minimum absolute atomic E-state index is 0.00826. The highest BCUT2D eigenvalue weighted by Crippen LogP contribution is 2.66. The Kier molecular flexibility index (Phi) is 15.4. The molecule has 0 radical (unpaired) electrons. The molecule has 6 rings (SSSR count). The predicted octanol–water partition coefficient (Wildman–Crippen LogP) is 15.9. The second kappa shape index (κ2) is 17.8. The summed E-state index contributed by atoms with van der Waals surface area (Å²) in [6.07, 6.45) is -18.4. The number of rotatable bonds is 9. The molecule has 0 amide bonds. The molecule has 4 bridgehead atoms. The number of hydrogen-bond donors (Lipinski definition) is 1. The lowest BCUT2D eigenvalue weighted by Crippen LogP contribution is -2.54. The molecule has 1 nitrogen and oxygen atoms in total. The van der Waals surface area contributed by atoms with Crippen molar-refractivity contribution in [1.82, 2.24) is 0 Å². The van der Waals surface area contributed by atoms with Gasteiger partial charge in [-0.15, -0.1) is 0 Å². The van der Waals surface area contributed by atoms with Crippen molar-refractivity contribution in [2.45, 2.75) is 167 Å². The standard InChI is InChI=1S/C17H27F3.C14H16F6.C13H14F6O/c1-4-15(2,17(18,19)20)10-16(3)13-6-11-5-12(8-13)9-14(16)7-11;1-4-9(2)10-5-7-11(8-6-10)12(3,13(15,16)17)14(18,19)20;1-3-8(2)9-4-6-10(7-5-9)11(20,12(14,15)16)13(17,18)19/h11-14H,4-10H2,1-3H3;5-9H,4H2,1-3H3;4-8,20H,3H2,1-2H3. The third-order valence-electron chi connectivity index (χ3n) is 14.4. The number of halogens is 15. The first-order valence-corrected chi connectivity index (χ1v) is 20.3. The third kappa shape index (κ3) is 10.1. The Morgan fingerprint density at radius 1 is 0.533 bits per heavy atom. The Morgan fingerprint density at radius 3 is 1.13 bits per heavy atom. The molecule has 2 aromatic rings. The highest BCUT2D eigenvalue weighted by atomic mass is 19.4. The molecule has 4 fully saturated rings. The van der Waals surface area contributed by atoms with Gasteiger partial charge in [-0.05, 0) is 122 Å². The number of hydrogen-bond acceptors (Lipinski definition) is 1. The summed E-state index contributed by atoms with van der Waals surface area (Å²) >= 11 is 0. The first-order chi connectivity index (χ1) is 27.1. The zero-order valence-corrected chi connectivity index (χ0v) is 35.1. The van der Waals surface area contributed by atoms with Crippen LogP contribution in [0.4, 0.5) is 65.9 Å². The van der Waals surface area contributed by atoms with Gasteiger partial charge >= 0.3 is 30.9 Å². The monoisotopic (exact) mass is 886 g/mol. The van der Waals surface area contributed by atoms with E-state index < -0.39 is 58.4 Å². The van der Waals surface area contributed by atoms with Crippen LogP contribution in [0.2, 0.25) is 0 Å². The minimum atomic E-state index is -5.84. The largest absolute Gasteiger partial charge is 0.430 e. The summed E-state index contributed by atoms with van der Waals surface area (Å²) in [7, 11) is 0. The van der Waals surface area contributed by atoms with Gasteiger partial charge in [-0.1, -0.05) is 97.0 Å². The van der Waals surface area contributed by atoms with E-state index in [1.54, 1.807) is 13.8 Å². The molecule has 0 heterocycles. The van der Waals surface area contributed by atoms with Crippen molar-refractivity contribution in [2.75, 3.05) is 0 Å². The molecule has 3 unspecified atom stereocenters. The van der Waals surface area contributed by atoms with Gasteiger partial charge in [0, 0.05) is 5.56 Å². The van der Waals surface area contributed by atoms with Gasteiger partial charge in [-0.25, -0.2) is 0 Å². The first-order valence-electron chi connectivity index (χ1n) is 20.3. The summed E-state index contributed by atoms with van der Waals surface area (Å²) < 4.78 is 194. The number of aliphatic hydroxyl groups is 1. The van der Waals surface area contributed by atoms with Gasteiger partial charge < -0.3 is 5.11 Å². The van der Waals surface area contributed by atoms with Gasteiger partial charge in [-0.2, -0.15) is 65.9 Å². The number of alkyl halides is 15. The molecule has 60 heavy (non-hydrogen) atoms. The van der Waals surface area contributed by atoms with Crippen LogP contribution in [0.25, 0.3) is 0 Å². The quantitative estimate of drug-likeness (QED) is 0.249. The van der Waals surface area contributed by atoms with E-state index in [0.717, 1.165) is 36.0 Å². The molecule has 4 saturated carbocycles. The molecule has 0 aliphatic heterocycles. The summed E-state index contributed by atoms with van der Waals surface area (Å²) in [5.74, 6) is 2.84. The molecule has 2 aromatic carbocycles. The predicted molar refractivity (Wildman–Crippen MR) is 200 cm³/mol. The molecule has 16 heteroatoms. The van der Waals surface area contributed by atoms with Gasteiger partial charge in [0.2, 0.25) is 0 Å². The second-order valence-electron chi connectivity index (χ2n) is 18.1. The van der Waals surface area contributed by atoms with Gasteiger partial charge in [-0.3, -0.25) is 0 Å². The van der Waals surface area contributed by atoms with Gasteiger partial charge in [0.15, 0.2) is 5.41 Å². The van der Waals surface area contributed by atoms with Crippen molar-refractivity contribution in [3.05, 3.63) is 70.8 Å². The van der Waals surface area contributed by atoms with E-state index in [9.17, 15) is 71.0 Å². The fourth-order valence-electron chi connectivity index (χ4n) is 9.46. The van der Waals surface area contributed by atoms with Crippen LogP contribution in [0.1, 0.15) is 147 Å². The molecule has 4 aliphatic rings. The summed E-state index contributed by atoms with van der Waals surface area (Å²) in [6, 6.07) is 8.19. The summed E-state index contributed by atoms with van der Waals surface area (Å²) in [5, 5.41) is 9.19. The van der Waals surface area contributed by atoms with Crippen molar-refractivity contribution >= 4 is 0 Å². The minimum Gasteiger partial charge on any atom is -0.369 e. The third-order valence-corrected chi connectivity index (χ3v) is 14.4. The molecule has 0 aromatic heterocycles. The fourth-order valence-corrected chi connectivity index (χ4v) is 9.46. The van der Waals surface area contributed by atoms with Crippen molar-refractivity contribution in [1.29, 1.82) is 0 Å². The van der Waals surface area contributed by atoms with Crippen LogP contribution in [0.5, 0.6) is 0 Å². The van der Waals surface area contributed by atoms with E-state index in [1.807, 2.05) is 20.8 Å². The Bertz CT molecular complexity index is 1520. The maximum Gasteiger partial charge on any atom is 0.430 e. The van der Waals surface area contributed by atoms with E-state index in [1.165, 1.54) is 63.3 Å². The lowest BCUT2D eigenvalue weighted by molar-refractivity contribution is -0.376. The lowest BCUT2D eigenvalue weighted by Gasteiger charge is -2.62. The Labute approximate surface area is 342 Å². The Morgan fingerprint density at radius 2 is 0.867 bits per heavy atom. The summed E-state index contributed by atoms with van der Waals surface area (Å²) in [6.45, 7) is 12.9. The molecular weight excluding hydrogens is 829 g/mol. The van der Waals surface area contributed by atoms with E-state index >= 15 is 0 Å². The van der Waals surface area contributed by atoms with Gasteiger partial charge in [0.05, 0.1) is 5.41 Å². The van der Waals surface area contributed by atoms with Crippen molar-refractivity contribution in [3.8, 4) is 0 Å². The smallest absolute Gasteiger partial charge is 0.369 e. The van der Waals surface area contributed by atoms with Crippen LogP contribution < -0.4 is 0 Å². The second-order valence-corrected chi connectivity index (χ2v) is 18.1. The van der Waals surface area contributed by atoms with Crippen LogP contribution in [-0.4, -0.2) is 36.0 Å². The van der Waals surface area contributed by atoms with Crippen LogP contribution in [-0.2, 0) is 11.0 Å². The average molecular weight is 887 g/mol. The Balaban J connectivity index is 0.000000240. The topological polar surface area (TPSA) is 20.2 Å². The van der Waals surface area contributed by atoms with Gasteiger partial charge in [0.25, 0.3) is 5.60 Å². The van der Waals surface area contributed by atoms with Crippen LogP contribution in [0, 0.1) is 34.5 Å². The first kappa shape index (κ1) is 51.7. The Hall–Kier alpha value is -2.65. The zero-order chi connectivity index (χ0) is 46.3. The highest BCUT2D eigenvalue weighted by Gasteiger charge is 2.71. The zero-order valence-electron chi connectivity index (χ0n) is 35.1. The van der Waals surface area contributed by atoms with Crippen molar-refractivity contribution in [3.63, 3.8) is 0 Å². The summed E-state index contributed by atoms with van der Waals surface area (Å²) in [5.41, 5.74) is -11.0. The van der Waals surface area contributed by atoms with Crippen LogP contribution >= 0.6 is 0 Å². The fraction of sp³-hybridized carbons (Fsp3) is 0.727. The lowest BCUT2D eigenvalue weighted by atomic mass is 9.43. The SMILES string of the molecule is CCC(C)(CC1(C)C2CC3CC(C2)CC1C3)C(F)(F)F.CCC(C)c1ccc(C(C)(C(F)(F)F)C(F)(F)F)cc1.CCC(C)c1ccc(C(O)(C(F)(F)F)C(F)(F)F)cc1. The molecule has 1 N–H and O–H groups in total. The maximum atomic E-state index is 13.5. The molecule has 0 spiro atoms.